The molecule has 2 heterocycles. The number of nitrogens with zero attached hydrogens (tertiary/aromatic N) is 4. The summed E-state index contributed by atoms with van der Waals surface area (Å²) in [6.45, 7) is 6.50. The average Bonchev–Trinajstić information content (AvgIpc) is 3.28. The Balaban J connectivity index is 1.52. The van der Waals surface area contributed by atoms with Crippen molar-refractivity contribution in [2.24, 2.45) is 4.99 Å². The summed E-state index contributed by atoms with van der Waals surface area (Å²) in [5.41, 5.74) is 1.27. The monoisotopic (exact) mass is 404 g/mol. The van der Waals surface area contributed by atoms with Crippen molar-refractivity contribution in [1.29, 1.82) is 0 Å². The second-order valence-corrected chi connectivity index (χ2v) is 7.00. The Kier molecular flexibility index (Phi) is 6.33. The van der Waals surface area contributed by atoms with Crippen molar-refractivity contribution in [3.8, 4) is 0 Å². The number of halogens is 1. The standard InChI is InChI=1S/C18H25BrN6/c1-2-20-18(21-10-13-25-11-3-9-22-25)23-16-8-12-24(14-16)17-6-4-15(19)5-7-17/h3-7,9,11,16H,2,8,10,12-14H2,1H3,(H2,20,21,23). The van der Waals surface area contributed by atoms with Crippen molar-refractivity contribution in [1.82, 2.24) is 20.4 Å². The Hall–Kier alpha value is -2.02. The molecule has 1 atom stereocenters. The third kappa shape index (κ3) is 5.22. The van der Waals surface area contributed by atoms with E-state index in [4.69, 9.17) is 0 Å². The molecule has 1 aromatic heterocycles. The molecule has 0 saturated carbocycles. The van der Waals surface area contributed by atoms with E-state index in [1.54, 1.807) is 6.20 Å². The number of hydrogen-bond acceptors (Lipinski definition) is 3. The van der Waals surface area contributed by atoms with E-state index < -0.39 is 0 Å². The van der Waals surface area contributed by atoms with E-state index in [0.29, 0.717) is 12.6 Å². The lowest BCUT2D eigenvalue weighted by atomic mass is 10.3. The highest BCUT2D eigenvalue weighted by Crippen LogP contribution is 2.22. The molecule has 134 valence electrons. The SMILES string of the molecule is CCNC(=NCCn1cccn1)NC1CCN(c2ccc(Br)cc2)C1. The molecule has 7 heteroatoms. The quantitative estimate of drug-likeness (QED) is 0.573. The largest absolute Gasteiger partial charge is 0.369 e. The third-order valence-corrected chi connectivity index (χ3v) is 4.75. The van der Waals surface area contributed by atoms with Crippen LogP contribution in [-0.4, -0.2) is 48.0 Å². The molecule has 6 nitrogen and oxygen atoms in total. The van der Waals surface area contributed by atoms with Gasteiger partial charge in [-0.3, -0.25) is 9.67 Å². The van der Waals surface area contributed by atoms with Gasteiger partial charge in [-0.15, -0.1) is 0 Å². The van der Waals surface area contributed by atoms with Crippen LogP contribution in [0.2, 0.25) is 0 Å². The van der Waals surface area contributed by atoms with Gasteiger partial charge in [-0.2, -0.15) is 5.10 Å². The van der Waals surface area contributed by atoms with Crippen LogP contribution in [0, 0.1) is 0 Å². The maximum Gasteiger partial charge on any atom is 0.191 e. The van der Waals surface area contributed by atoms with Crippen LogP contribution >= 0.6 is 15.9 Å². The molecular weight excluding hydrogens is 380 g/mol. The average molecular weight is 405 g/mol. The van der Waals surface area contributed by atoms with Crippen molar-refractivity contribution in [3.63, 3.8) is 0 Å². The Morgan fingerprint density at radius 3 is 2.92 bits per heavy atom. The number of rotatable bonds is 6. The summed E-state index contributed by atoms with van der Waals surface area (Å²) in [5, 5.41) is 11.1. The van der Waals surface area contributed by atoms with Crippen LogP contribution in [0.4, 0.5) is 5.69 Å². The van der Waals surface area contributed by atoms with Gasteiger partial charge in [-0.1, -0.05) is 15.9 Å². The van der Waals surface area contributed by atoms with Gasteiger partial charge in [-0.25, -0.2) is 0 Å². The molecule has 3 rings (SSSR count). The summed E-state index contributed by atoms with van der Waals surface area (Å²) < 4.78 is 3.02. The highest BCUT2D eigenvalue weighted by atomic mass is 79.9. The van der Waals surface area contributed by atoms with Crippen LogP contribution in [0.25, 0.3) is 0 Å². The van der Waals surface area contributed by atoms with Crippen LogP contribution in [-0.2, 0) is 6.54 Å². The zero-order valence-corrected chi connectivity index (χ0v) is 16.1. The Bertz CT molecular complexity index is 667. The van der Waals surface area contributed by atoms with Gasteiger partial charge in [0.25, 0.3) is 0 Å². The minimum Gasteiger partial charge on any atom is -0.369 e. The van der Waals surface area contributed by atoms with Crippen LogP contribution in [0.3, 0.4) is 0 Å². The van der Waals surface area contributed by atoms with Crippen molar-refractivity contribution < 1.29 is 0 Å². The Labute approximate surface area is 157 Å². The van der Waals surface area contributed by atoms with Crippen molar-refractivity contribution in [2.75, 3.05) is 31.1 Å². The molecule has 0 spiro atoms. The number of aliphatic imine (C=N–C) groups is 1. The number of nitrogens with one attached hydrogen (secondary N) is 2. The van der Waals surface area contributed by atoms with Crippen LogP contribution in [0.1, 0.15) is 13.3 Å². The maximum absolute atomic E-state index is 4.67. The first-order chi connectivity index (χ1) is 12.2. The van der Waals surface area contributed by atoms with Crippen molar-refractivity contribution in [2.45, 2.75) is 25.9 Å². The van der Waals surface area contributed by atoms with E-state index >= 15 is 0 Å². The molecule has 0 bridgehead atoms. The van der Waals surface area contributed by atoms with E-state index in [-0.39, 0.29) is 0 Å². The fourth-order valence-corrected chi connectivity index (χ4v) is 3.24. The molecular formula is C18H25BrN6. The third-order valence-electron chi connectivity index (χ3n) is 4.22. The summed E-state index contributed by atoms with van der Waals surface area (Å²) in [4.78, 5) is 7.08. The predicted molar refractivity (Wildman–Crippen MR) is 106 cm³/mol. The Morgan fingerprint density at radius 1 is 1.36 bits per heavy atom. The van der Waals surface area contributed by atoms with Gasteiger partial charge in [0.15, 0.2) is 5.96 Å². The molecule has 25 heavy (non-hydrogen) atoms. The number of hydrogen-bond donors (Lipinski definition) is 2. The van der Waals surface area contributed by atoms with Gasteiger partial charge in [-0.05, 0) is 43.7 Å². The lowest BCUT2D eigenvalue weighted by molar-refractivity contribution is 0.613. The summed E-state index contributed by atoms with van der Waals surface area (Å²) in [7, 11) is 0. The number of guanidine groups is 1. The fourth-order valence-electron chi connectivity index (χ4n) is 2.97. The van der Waals surface area contributed by atoms with E-state index in [1.807, 2.05) is 16.9 Å². The molecule has 2 N–H and O–H groups in total. The highest BCUT2D eigenvalue weighted by molar-refractivity contribution is 9.10. The first-order valence-corrected chi connectivity index (χ1v) is 9.56. The summed E-state index contributed by atoms with van der Waals surface area (Å²) in [5.74, 6) is 0.886. The van der Waals surface area contributed by atoms with Crippen LogP contribution in [0.5, 0.6) is 0 Å². The zero-order chi connectivity index (χ0) is 17.5. The first-order valence-electron chi connectivity index (χ1n) is 8.77. The number of aromatic nitrogens is 2. The summed E-state index contributed by atoms with van der Waals surface area (Å²) >= 11 is 3.49. The Morgan fingerprint density at radius 2 is 2.20 bits per heavy atom. The molecule has 1 unspecified atom stereocenters. The fraction of sp³-hybridized carbons (Fsp3) is 0.444. The zero-order valence-electron chi connectivity index (χ0n) is 14.5. The van der Waals surface area contributed by atoms with Crippen LogP contribution < -0.4 is 15.5 Å². The van der Waals surface area contributed by atoms with Gasteiger partial charge < -0.3 is 15.5 Å². The van der Waals surface area contributed by atoms with E-state index in [9.17, 15) is 0 Å². The van der Waals surface area contributed by atoms with Gasteiger partial charge in [0.2, 0.25) is 0 Å². The first kappa shape index (κ1) is 17.8. The molecule has 1 saturated heterocycles. The second-order valence-electron chi connectivity index (χ2n) is 6.08. The number of benzene rings is 1. The van der Waals surface area contributed by atoms with Gasteiger partial charge in [0.1, 0.15) is 0 Å². The molecule has 0 radical (unpaired) electrons. The predicted octanol–water partition coefficient (Wildman–Crippen LogP) is 2.48. The molecule has 0 aliphatic carbocycles. The molecule has 1 aliphatic heterocycles. The van der Waals surface area contributed by atoms with Crippen LogP contribution in [0.15, 0.2) is 52.2 Å². The second kappa shape index (κ2) is 8.89. The summed E-state index contributed by atoms with van der Waals surface area (Å²) in [6, 6.07) is 10.9. The molecule has 2 aromatic rings. The summed E-state index contributed by atoms with van der Waals surface area (Å²) in [6.07, 6.45) is 4.87. The minimum absolute atomic E-state index is 0.408. The lowest BCUT2D eigenvalue weighted by Gasteiger charge is -2.20. The topological polar surface area (TPSA) is 57.5 Å². The molecule has 1 aliphatic rings. The minimum atomic E-state index is 0.408. The highest BCUT2D eigenvalue weighted by Gasteiger charge is 2.23. The van der Waals surface area contributed by atoms with E-state index in [0.717, 1.165) is 43.0 Å². The smallest absolute Gasteiger partial charge is 0.191 e. The molecule has 0 amide bonds. The van der Waals surface area contributed by atoms with Crippen molar-refractivity contribution in [3.05, 3.63) is 47.2 Å². The molecule has 1 aromatic carbocycles. The van der Waals surface area contributed by atoms with E-state index in [1.165, 1.54) is 5.69 Å². The van der Waals surface area contributed by atoms with Gasteiger partial charge in [0.05, 0.1) is 13.1 Å². The van der Waals surface area contributed by atoms with E-state index in [2.05, 4.69) is 72.7 Å². The normalized spacial score (nSPS) is 17.8. The van der Waals surface area contributed by atoms with Crippen molar-refractivity contribution >= 4 is 27.6 Å². The molecule has 1 fully saturated rings. The lowest BCUT2D eigenvalue weighted by Crippen LogP contribution is -2.44. The number of anilines is 1. The maximum atomic E-state index is 4.67. The van der Waals surface area contributed by atoms with Gasteiger partial charge >= 0.3 is 0 Å². The van der Waals surface area contributed by atoms with Gasteiger partial charge in [0, 0.05) is 48.2 Å².